The molecule has 0 spiro atoms. The molecule has 4 heterocycles. The van der Waals surface area contributed by atoms with Crippen molar-refractivity contribution in [2.75, 3.05) is 36.4 Å². The highest BCUT2D eigenvalue weighted by atomic mass is 32.1. The van der Waals surface area contributed by atoms with Crippen molar-refractivity contribution in [3.63, 3.8) is 0 Å². The van der Waals surface area contributed by atoms with Gasteiger partial charge in [-0.25, -0.2) is 15.0 Å². The lowest BCUT2D eigenvalue weighted by Crippen LogP contribution is -2.48. The molecule has 1 aliphatic heterocycles. The van der Waals surface area contributed by atoms with E-state index in [9.17, 15) is 4.79 Å². The first-order chi connectivity index (χ1) is 14.7. The van der Waals surface area contributed by atoms with E-state index < -0.39 is 0 Å². The second kappa shape index (κ2) is 7.71. The Hall–Kier alpha value is -3.53. The molecule has 0 aliphatic carbocycles. The number of benzene rings is 1. The van der Waals surface area contributed by atoms with Gasteiger partial charge in [0.15, 0.2) is 11.6 Å². The average molecular weight is 421 g/mol. The topological polar surface area (TPSA) is 103 Å². The summed E-state index contributed by atoms with van der Waals surface area (Å²) < 4.78 is 0. The van der Waals surface area contributed by atoms with Gasteiger partial charge in [-0.05, 0) is 24.3 Å². The number of carbonyl (C=O) groups is 1. The number of hydrogen-bond acceptors (Lipinski definition) is 8. The average Bonchev–Trinajstić information content (AvgIpc) is 3.46. The minimum Gasteiger partial charge on any atom is -0.368 e. The van der Waals surface area contributed by atoms with E-state index >= 15 is 0 Å². The van der Waals surface area contributed by atoms with Crippen LogP contribution in [-0.4, -0.2) is 62.1 Å². The third-order valence-electron chi connectivity index (χ3n) is 5.18. The van der Waals surface area contributed by atoms with Crippen molar-refractivity contribution in [1.29, 1.82) is 0 Å². The van der Waals surface area contributed by atoms with E-state index in [1.807, 2.05) is 22.4 Å². The molecule has 0 bridgehead atoms. The fourth-order valence-electron chi connectivity index (χ4n) is 3.54. The van der Waals surface area contributed by atoms with E-state index in [2.05, 4.69) is 47.5 Å². The summed E-state index contributed by atoms with van der Waals surface area (Å²) in [5.41, 5.74) is 6.04. The van der Waals surface area contributed by atoms with Gasteiger partial charge in [-0.2, -0.15) is 5.10 Å². The molecule has 10 heteroatoms. The van der Waals surface area contributed by atoms with Crippen LogP contribution in [0.15, 0.2) is 41.4 Å². The molecule has 9 nitrogen and oxygen atoms in total. The third kappa shape index (κ3) is 3.57. The van der Waals surface area contributed by atoms with Crippen molar-refractivity contribution < 1.29 is 4.79 Å². The van der Waals surface area contributed by atoms with Gasteiger partial charge in [-0.1, -0.05) is 0 Å². The summed E-state index contributed by atoms with van der Waals surface area (Å²) in [5.74, 6) is 1.36. The number of amides is 1. The van der Waals surface area contributed by atoms with Gasteiger partial charge in [-0.3, -0.25) is 9.89 Å². The zero-order chi connectivity index (χ0) is 20.5. The summed E-state index contributed by atoms with van der Waals surface area (Å²) in [6.07, 6.45) is 1.68. The largest absolute Gasteiger partial charge is 0.368 e. The summed E-state index contributed by atoms with van der Waals surface area (Å²) >= 11 is 1.51. The zero-order valence-electron chi connectivity index (χ0n) is 16.4. The Morgan fingerprint density at radius 1 is 1.13 bits per heavy atom. The maximum Gasteiger partial charge on any atom is 0.219 e. The lowest BCUT2D eigenvalue weighted by Gasteiger charge is -2.35. The number of nitrogens with one attached hydrogen (secondary N) is 2. The maximum atomic E-state index is 11.5. The Kier molecular flexibility index (Phi) is 4.75. The molecule has 3 aromatic heterocycles. The Morgan fingerprint density at radius 2 is 1.93 bits per heavy atom. The van der Waals surface area contributed by atoms with E-state index in [0.29, 0.717) is 11.6 Å². The van der Waals surface area contributed by atoms with Gasteiger partial charge in [0.1, 0.15) is 16.7 Å². The molecule has 1 aliphatic rings. The third-order valence-corrected chi connectivity index (χ3v) is 5.77. The number of aromatic nitrogens is 5. The van der Waals surface area contributed by atoms with Crippen LogP contribution in [0.2, 0.25) is 0 Å². The number of rotatable bonds is 4. The molecule has 1 aromatic carbocycles. The van der Waals surface area contributed by atoms with Crippen molar-refractivity contribution >= 4 is 45.5 Å². The lowest BCUT2D eigenvalue weighted by atomic mass is 10.2. The number of aromatic amines is 1. The van der Waals surface area contributed by atoms with Gasteiger partial charge in [0.2, 0.25) is 5.91 Å². The summed E-state index contributed by atoms with van der Waals surface area (Å²) in [6, 6.07) is 8.22. The standard InChI is InChI=1S/C20H20N8OS/c1-13(29)27-6-8-28(9-7-27)15-4-2-14(3-5-15)23-20-18-16(10-22-26-18)24-19(25-20)17-11-30-12-21-17/h2-5,10-12H,6-9H2,1H3,(H,22,26)(H,23,24,25). The van der Waals surface area contributed by atoms with Crippen LogP contribution in [0.4, 0.5) is 17.2 Å². The second-order valence-corrected chi connectivity index (χ2v) is 7.78. The van der Waals surface area contributed by atoms with Crippen LogP contribution in [0, 0.1) is 0 Å². The molecular formula is C20H20N8OS. The summed E-state index contributed by atoms with van der Waals surface area (Å²) in [6.45, 7) is 4.81. The van der Waals surface area contributed by atoms with Gasteiger partial charge < -0.3 is 15.1 Å². The molecule has 152 valence electrons. The minimum absolute atomic E-state index is 0.140. The molecule has 0 atom stereocenters. The van der Waals surface area contributed by atoms with E-state index in [1.54, 1.807) is 18.6 Å². The van der Waals surface area contributed by atoms with Crippen molar-refractivity contribution in [3.05, 3.63) is 41.4 Å². The quantitative estimate of drug-likeness (QED) is 0.523. The monoisotopic (exact) mass is 420 g/mol. The molecule has 0 radical (unpaired) electrons. The minimum atomic E-state index is 0.140. The summed E-state index contributed by atoms with van der Waals surface area (Å²) in [4.78, 5) is 29.2. The van der Waals surface area contributed by atoms with Crippen LogP contribution in [0.1, 0.15) is 6.92 Å². The second-order valence-electron chi connectivity index (χ2n) is 7.06. The molecule has 2 N–H and O–H groups in total. The molecule has 30 heavy (non-hydrogen) atoms. The highest BCUT2D eigenvalue weighted by molar-refractivity contribution is 7.07. The van der Waals surface area contributed by atoms with Crippen LogP contribution >= 0.6 is 11.3 Å². The number of H-pyrrole nitrogens is 1. The summed E-state index contributed by atoms with van der Waals surface area (Å²) in [5, 5.41) is 12.4. The number of piperazine rings is 1. The number of anilines is 3. The number of hydrogen-bond donors (Lipinski definition) is 2. The predicted molar refractivity (Wildman–Crippen MR) is 117 cm³/mol. The number of nitrogens with zero attached hydrogens (tertiary/aromatic N) is 6. The number of fused-ring (bicyclic) bond motifs is 1. The Balaban J connectivity index is 1.36. The molecule has 0 saturated carbocycles. The zero-order valence-corrected chi connectivity index (χ0v) is 17.2. The van der Waals surface area contributed by atoms with Gasteiger partial charge in [-0.15, -0.1) is 11.3 Å². The fraction of sp³-hybridized carbons (Fsp3) is 0.250. The molecule has 5 rings (SSSR count). The number of thiazole rings is 1. The van der Waals surface area contributed by atoms with Crippen molar-refractivity contribution in [3.8, 4) is 11.5 Å². The van der Waals surface area contributed by atoms with Gasteiger partial charge in [0.05, 0.1) is 11.7 Å². The van der Waals surface area contributed by atoms with Crippen molar-refractivity contribution in [2.24, 2.45) is 0 Å². The number of carbonyl (C=O) groups excluding carboxylic acids is 1. The molecule has 1 amide bonds. The van der Waals surface area contributed by atoms with Crippen LogP contribution in [-0.2, 0) is 4.79 Å². The highest BCUT2D eigenvalue weighted by Crippen LogP contribution is 2.27. The maximum absolute atomic E-state index is 11.5. The first-order valence-electron chi connectivity index (χ1n) is 9.64. The molecule has 4 aromatic rings. The smallest absolute Gasteiger partial charge is 0.219 e. The van der Waals surface area contributed by atoms with Crippen molar-refractivity contribution in [1.82, 2.24) is 30.0 Å². The predicted octanol–water partition coefficient (Wildman–Crippen LogP) is 2.89. The van der Waals surface area contributed by atoms with Crippen LogP contribution < -0.4 is 10.2 Å². The van der Waals surface area contributed by atoms with Crippen LogP contribution in [0.3, 0.4) is 0 Å². The molecule has 0 unspecified atom stereocenters. The Labute approximate surface area is 176 Å². The lowest BCUT2D eigenvalue weighted by molar-refractivity contribution is -0.129. The van der Waals surface area contributed by atoms with E-state index in [1.165, 1.54) is 11.3 Å². The first-order valence-corrected chi connectivity index (χ1v) is 10.6. The fourth-order valence-corrected chi connectivity index (χ4v) is 4.07. The van der Waals surface area contributed by atoms with Gasteiger partial charge in [0, 0.05) is 49.9 Å². The van der Waals surface area contributed by atoms with E-state index in [-0.39, 0.29) is 5.91 Å². The van der Waals surface area contributed by atoms with Crippen LogP contribution in [0.25, 0.3) is 22.6 Å². The van der Waals surface area contributed by atoms with E-state index in [0.717, 1.165) is 54.3 Å². The first kappa shape index (κ1) is 18.5. The van der Waals surface area contributed by atoms with Gasteiger partial charge >= 0.3 is 0 Å². The Morgan fingerprint density at radius 3 is 2.63 bits per heavy atom. The summed E-state index contributed by atoms with van der Waals surface area (Å²) in [7, 11) is 0. The molecule has 1 fully saturated rings. The highest BCUT2D eigenvalue weighted by Gasteiger charge is 2.19. The van der Waals surface area contributed by atoms with E-state index in [4.69, 9.17) is 0 Å². The van der Waals surface area contributed by atoms with Gasteiger partial charge in [0.25, 0.3) is 0 Å². The Bertz CT molecular complexity index is 1160. The van der Waals surface area contributed by atoms with Crippen molar-refractivity contribution in [2.45, 2.75) is 6.92 Å². The molecular weight excluding hydrogens is 400 g/mol. The normalized spacial score (nSPS) is 14.3. The molecule has 1 saturated heterocycles. The SMILES string of the molecule is CC(=O)N1CCN(c2ccc(Nc3nc(-c4cscn4)nc4cn[nH]c34)cc2)CC1. The van der Waals surface area contributed by atoms with Crippen LogP contribution in [0.5, 0.6) is 0 Å².